The van der Waals surface area contributed by atoms with Crippen molar-refractivity contribution < 1.29 is 0 Å². The Balaban J connectivity index is 1.91. The number of hydrogen-bond acceptors (Lipinski definition) is 2. The van der Waals surface area contributed by atoms with Gasteiger partial charge in [0.2, 0.25) is 0 Å². The number of piperidine rings is 1. The van der Waals surface area contributed by atoms with Crippen LogP contribution in [0.5, 0.6) is 0 Å². The molecule has 1 fully saturated rings. The summed E-state index contributed by atoms with van der Waals surface area (Å²) in [7, 11) is 0. The van der Waals surface area contributed by atoms with Crippen LogP contribution in [0.25, 0.3) is 0 Å². The van der Waals surface area contributed by atoms with Gasteiger partial charge in [-0.05, 0) is 36.9 Å². The minimum Gasteiger partial charge on any atom is -0.389 e. The molecule has 0 aromatic heterocycles. The Bertz CT molecular complexity index is 439. The van der Waals surface area contributed by atoms with Crippen molar-refractivity contribution in [2.75, 3.05) is 13.1 Å². The number of likely N-dealkylation sites (tertiary alicyclic amines) is 1. The highest BCUT2D eigenvalue weighted by Crippen LogP contribution is 2.38. The van der Waals surface area contributed by atoms with Gasteiger partial charge >= 0.3 is 0 Å². The molecular formula is C17H26N2S. The van der Waals surface area contributed by atoms with Crippen molar-refractivity contribution in [1.29, 1.82) is 0 Å². The van der Waals surface area contributed by atoms with Crippen LogP contribution in [0.15, 0.2) is 24.3 Å². The predicted molar refractivity (Wildman–Crippen MR) is 89.9 cm³/mol. The van der Waals surface area contributed by atoms with E-state index >= 15 is 0 Å². The van der Waals surface area contributed by atoms with E-state index in [0.717, 1.165) is 12.1 Å². The summed E-state index contributed by atoms with van der Waals surface area (Å²) in [4.78, 5) is 3.05. The first-order valence-corrected chi connectivity index (χ1v) is 8.10. The van der Waals surface area contributed by atoms with Gasteiger partial charge in [0.25, 0.3) is 0 Å². The van der Waals surface area contributed by atoms with Crippen LogP contribution in [0, 0.1) is 5.41 Å². The van der Waals surface area contributed by atoms with Crippen molar-refractivity contribution in [2.45, 2.75) is 46.1 Å². The van der Waals surface area contributed by atoms with E-state index in [1.165, 1.54) is 44.3 Å². The molecule has 1 aromatic carbocycles. The molecule has 0 saturated carbocycles. The molecule has 0 aliphatic carbocycles. The first-order valence-electron chi connectivity index (χ1n) is 7.69. The zero-order chi connectivity index (χ0) is 14.6. The summed E-state index contributed by atoms with van der Waals surface area (Å²) in [5, 5.41) is 0. The van der Waals surface area contributed by atoms with Crippen molar-refractivity contribution in [1.82, 2.24) is 4.90 Å². The van der Waals surface area contributed by atoms with Crippen LogP contribution in [-0.4, -0.2) is 23.0 Å². The lowest BCUT2D eigenvalue weighted by Gasteiger charge is -2.41. The van der Waals surface area contributed by atoms with E-state index in [1.54, 1.807) is 0 Å². The molecule has 1 saturated heterocycles. The molecule has 0 bridgehead atoms. The smallest absolute Gasteiger partial charge is 0.103 e. The van der Waals surface area contributed by atoms with Crippen LogP contribution in [0.3, 0.4) is 0 Å². The molecule has 2 nitrogen and oxygen atoms in total. The first kappa shape index (κ1) is 15.5. The van der Waals surface area contributed by atoms with E-state index in [0.29, 0.717) is 10.4 Å². The third-order valence-electron chi connectivity index (χ3n) is 5.06. The molecule has 1 aliphatic rings. The molecule has 1 heterocycles. The van der Waals surface area contributed by atoms with Gasteiger partial charge in [0, 0.05) is 12.1 Å². The first-order chi connectivity index (χ1) is 9.58. The Kier molecular flexibility index (Phi) is 5.17. The fourth-order valence-corrected chi connectivity index (χ4v) is 3.31. The number of thiocarbonyl (C=S) groups is 1. The zero-order valence-corrected chi connectivity index (χ0v) is 13.5. The molecule has 0 radical (unpaired) electrons. The Morgan fingerprint density at radius 1 is 1.15 bits per heavy atom. The van der Waals surface area contributed by atoms with Crippen LogP contribution in [0.1, 0.15) is 50.7 Å². The van der Waals surface area contributed by atoms with Crippen LogP contribution in [0.4, 0.5) is 0 Å². The number of hydrogen-bond donors (Lipinski definition) is 1. The lowest BCUT2D eigenvalue weighted by molar-refractivity contribution is 0.0909. The summed E-state index contributed by atoms with van der Waals surface area (Å²) in [6.07, 6.45) is 5.32. The van der Waals surface area contributed by atoms with Gasteiger partial charge in [0.15, 0.2) is 0 Å². The Morgan fingerprint density at radius 2 is 1.70 bits per heavy atom. The van der Waals surface area contributed by atoms with Gasteiger partial charge in [-0.25, -0.2) is 0 Å². The van der Waals surface area contributed by atoms with Gasteiger partial charge in [-0.1, -0.05) is 63.2 Å². The van der Waals surface area contributed by atoms with Gasteiger partial charge in [-0.2, -0.15) is 0 Å². The second-order valence-corrected chi connectivity index (χ2v) is 6.48. The van der Waals surface area contributed by atoms with E-state index in [2.05, 4.69) is 30.9 Å². The van der Waals surface area contributed by atoms with E-state index < -0.39 is 0 Å². The van der Waals surface area contributed by atoms with E-state index in [1.807, 2.05) is 12.1 Å². The van der Waals surface area contributed by atoms with Crippen molar-refractivity contribution in [3.8, 4) is 0 Å². The predicted octanol–water partition coefficient (Wildman–Crippen LogP) is 3.72. The molecule has 2 rings (SSSR count). The highest BCUT2D eigenvalue weighted by Gasteiger charge is 2.30. The molecular weight excluding hydrogens is 264 g/mol. The molecule has 3 heteroatoms. The van der Waals surface area contributed by atoms with E-state index in [9.17, 15) is 0 Å². The number of benzene rings is 1. The maximum absolute atomic E-state index is 5.63. The third-order valence-corrected chi connectivity index (χ3v) is 5.30. The van der Waals surface area contributed by atoms with Crippen LogP contribution in [0.2, 0.25) is 0 Å². The molecule has 0 spiro atoms. The molecule has 110 valence electrons. The highest BCUT2D eigenvalue weighted by atomic mass is 32.1. The molecule has 1 aromatic rings. The monoisotopic (exact) mass is 290 g/mol. The summed E-state index contributed by atoms with van der Waals surface area (Å²) in [6, 6.07) is 8.36. The molecule has 2 N–H and O–H groups in total. The summed E-state index contributed by atoms with van der Waals surface area (Å²) in [5.41, 5.74) is 8.54. The van der Waals surface area contributed by atoms with Gasteiger partial charge in [-0.15, -0.1) is 0 Å². The lowest BCUT2D eigenvalue weighted by atomic mass is 9.74. The average Bonchev–Trinajstić information content (AvgIpc) is 2.49. The Morgan fingerprint density at radius 3 is 2.15 bits per heavy atom. The van der Waals surface area contributed by atoms with Crippen molar-refractivity contribution in [2.24, 2.45) is 11.1 Å². The third kappa shape index (κ3) is 3.58. The standard InChI is InChI=1S/C17H26N2S/c1-3-17(4-2)9-11-19(12-10-17)13-14-5-7-15(8-6-14)16(18)20/h5-8H,3-4,9-13H2,1-2H3,(H2,18,20). The van der Waals surface area contributed by atoms with E-state index in [-0.39, 0.29) is 0 Å². The largest absolute Gasteiger partial charge is 0.389 e. The zero-order valence-electron chi connectivity index (χ0n) is 12.7. The average molecular weight is 290 g/mol. The maximum Gasteiger partial charge on any atom is 0.103 e. The second-order valence-electron chi connectivity index (χ2n) is 6.04. The topological polar surface area (TPSA) is 29.3 Å². The summed E-state index contributed by atoms with van der Waals surface area (Å²) < 4.78 is 0. The van der Waals surface area contributed by atoms with Crippen LogP contribution < -0.4 is 5.73 Å². The molecule has 1 aliphatic heterocycles. The maximum atomic E-state index is 5.63. The molecule has 20 heavy (non-hydrogen) atoms. The van der Waals surface area contributed by atoms with E-state index in [4.69, 9.17) is 18.0 Å². The normalized spacial score (nSPS) is 18.9. The van der Waals surface area contributed by atoms with Crippen molar-refractivity contribution >= 4 is 17.2 Å². The fourth-order valence-electron chi connectivity index (χ4n) is 3.18. The van der Waals surface area contributed by atoms with Gasteiger partial charge in [0.05, 0.1) is 0 Å². The summed E-state index contributed by atoms with van der Waals surface area (Å²) >= 11 is 4.99. The van der Waals surface area contributed by atoms with Crippen molar-refractivity contribution in [3.05, 3.63) is 35.4 Å². The number of rotatable bonds is 5. The number of nitrogens with two attached hydrogens (primary N) is 1. The fraction of sp³-hybridized carbons (Fsp3) is 0.588. The number of nitrogens with zero attached hydrogens (tertiary/aromatic N) is 1. The Labute approximate surface area is 128 Å². The summed E-state index contributed by atoms with van der Waals surface area (Å²) in [5.74, 6) is 0. The SMILES string of the molecule is CCC1(CC)CCN(Cc2ccc(C(N)=S)cc2)CC1. The molecule has 0 unspecified atom stereocenters. The van der Waals surface area contributed by atoms with Crippen LogP contribution >= 0.6 is 12.2 Å². The summed E-state index contributed by atoms with van der Waals surface area (Å²) in [6.45, 7) is 8.17. The van der Waals surface area contributed by atoms with Gasteiger partial charge in [0.1, 0.15) is 4.99 Å². The van der Waals surface area contributed by atoms with Crippen LogP contribution in [-0.2, 0) is 6.54 Å². The minimum absolute atomic E-state index is 0.477. The highest BCUT2D eigenvalue weighted by molar-refractivity contribution is 7.80. The molecule has 0 amide bonds. The van der Waals surface area contributed by atoms with Gasteiger partial charge in [-0.3, -0.25) is 4.90 Å². The lowest BCUT2D eigenvalue weighted by Crippen LogP contribution is -2.39. The van der Waals surface area contributed by atoms with Gasteiger partial charge < -0.3 is 5.73 Å². The quantitative estimate of drug-likeness (QED) is 0.838. The second kappa shape index (κ2) is 6.68. The van der Waals surface area contributed by atoms with Crippen molar-refractivity contribution in [3.63, 3.8) is 0 Å². The Hall–Kier alpha value is -0.930. The molecule has 0 atom stereocenters. The minimum atomic E-state index is 0.477.